The molecule has 0 saturated carbocycles. The van der Waals surface area contributed by atoms with Crippen LogP contribution in [-0.4, -0.2) is 13.4 Å². The van der Waals surface area contributed by atoms with Crippen LogP contribution in [0.5, 0.6) is 0 Å². The van der Waals surface area contributed by atoms with Gasteiger partial charge in [-0.1, -0.05) is 47.5 Å². The van der Waals surface area contributed by atoms with E-state index in [1.165, 1.54) is 24.3 Å². The maximum absolute atomic E-state index is 13.2. The molecule has 3 aromatic rings. The molecule has 0 amide bonds. The molecular formula is C19H13Cl2F3N2O2S. The lowest BCUT2D eigenvalue weighted by molar-refractivity contribution is -0.137. The molecule has 0 unspecified atom stereocenters. The van der Waals surface area contributed by atoms with Crippen LogP contribution in [0.3, 0.4) is 0 Å². The van der Waals surface area contributed by atoms with Crippen molar-refractivity contribution in [2.45, 2.75) is 17.6 Å². The normalized spacial score (nSPS) is 12.0. The van der Waals surface area contributed by atoms with Gasteiger partial charge in [0.25, 0.3) is 10.0 Å². The number of alkyl halides is 3. The SMILES string of the molecule is O=S(=O)(c1cccc(Cl)c1)N(Cc1ncc(C(F)(F)F)cc1Cl)c1ccccc1. The molecule has 4 nitrogen and oxygen atoms in total. The summed E-state index contributed by atoms with van der Waals surface area (Å²) in [6.45, 7) is -0.365. The van der Waals surface area contributed by atoms with E-state index in [-0.39, 0.29) is 27.2 Å². The summed E-state index contributed by atoms with van der Waals surface area (Å²) in [4.78, 5) is 3.68. The number of halogens is 5. The van der Waals surface area contributed by atoms with Gasteiger partial charge in [0.05, 0.1) is 33.4 Å². The lowest BCUT2D eigenvalue weighted by Gasteiger charge is -2.25. The number of aromatic nitrogens is 1. The standard InChI is InChI=1S/C19H13Cl2F3N2O2S/c20-14-5-4-8-16(10-14)29(27,28)26(15-6-2-1-3-7-15)12-18-17(21)9-13(11-25-18)19(22,23)24/h1-11H,12H2. The Morgan fingerprint density at radius 2 is 1.66 bits per heavy atom. The van der Waals surface area contributed by atoms with E-state index >= 15 is 0 Å². The molecule has 1 heterocycles. The Bertz CT molecular complexity index is 1120. The molecule has 0 atom stereocenters. The smallest absolute Gasteiger partial charge is 0.260 e. The Kier molecular flexibility index (Phi) is 6.07. The van der Waals surface area contributed by atoms with Crippen molar-refractivity contribution in [2.75, 3.05) is 4.31 Å². The van der Waals surface area contributed by atoms with E-state index in [4.69, 9.17) is 23.2 Å². The van der Waals surface area contributed by atoms with Gasteiger partial charge in [-0.3, -0.25) is 9.29 Å². The minimum Gasteiger partial charge on any atom is -0.260 e. The first-order valence-corrected chi connectivity index (χ1v) is 10.3. The van der Waals surface area contributed by atoms with E-state index < -0.39 is 21.8 Å². The highest BCUT2D eigenvalue weighted by Gasteiger charge is 2.32. The molecule has 1 aromatic heterocycles. The fraction of sp³-hybridized carbons (Fsp3) is 0.105. The fourth-order valence-electron chi connectivity index (χ4n) is 2.54. The van der Waals surface area contributed by atoms with Crippen LogP contribution in [0.15, 0.2) is 71.8 Å². The van der Waals surface area contributed by atoms with Gasteiger partial charge in [-0.15, -0.1) is 0 Å². The van der Waals surface area contributed by atoms with Gasteiger partial charge < -0.3 is 0 Å². The maximum atomic E-state index is 13.2. The van der Waals surface area contributed by atoms with Gasteiger partial charge in [0.1, 0.15) is 0 Å². The summed E-state index contributed by atoms with van der Waals surface area (Å²) < 4.78 is 66.1. The third-order valence-corrected chi connectivity index (χ3v) is 6.30. The van der Waals surface area contributed by atoms with Crippen LogP contribution in [0.4, 0.5) is 18.9 Å². The van der Waals surface area contributed by atoms with Crippen LogP contribution in [0.2, 0.25) is 10.0 Å². The predicted octanol–water partition coefficient (Wildman–Crippen LogP) is 5.80. The van der Waals surface area contributed by atoms with Crippen LogP contribution < -0.4 is 4.31 Å². The largest absolute Gasteiger partial charge is 0.417 e. The number of hydrogen-bond acceptors (Lipinski definition) is 3. The number of hydrogen-bond donors (Lipinski definition) is 0. The number of para-hydroxylation sites is 1. The summed E-state index contributed by atoms with van der Waals surface area (Å²) in [6.07, 6.45) is -3.99. The molecule has 3 rings (SSSR count). The van der Waals surface area contributed by atoms with E-state index in [1.54, 1.807) is 30.3 Å². The van der Waals surface area contributed by atoms with Gasteiger partial charge in [-0.2, -0.15) is 13.2 Å². The van der Waals surface area contributed by atoms with E-state index in [0.29, 0.717) is 11.9 Å². The molecule has 0 fully saturated rings. The highest BCUT2D eigenvalue weighted by atomic mass is 35.5. The molecule has 0 spiro atoms. The molecule has 29 heavy (non-hydrogen) atoms. The van der Waals surface area contributed by atoms with E-state index in [9.17, 15) is 21.6 Å². The molecule has 0 bridgehead atoms. The van der Waals surface area contributed by atoms with Crippen molar-refractivity contribution in [3.8, 4) is 0 Å². The van der Waals surface area contributed by atoms with Crippen LogP contribution in [-0.2, 0) is 22.7 Å². The monoisotopic (exact) mass is 460 g/mol. The number of nitrogens with zero attached hydrogens (tertiary/aromatic N) is 2. The summed E-state index contributed by atoms with van der Waals surface area (Å²) in [5, 5.41) is -0.0631. The van der Waals surface area contributed by atoms with Crippen molar-refractivity contribution in [3.63, 3.8) is 0 Å². The average Bonchev–Trinajstić information content (AvgIpc) is 2.66. The van der Waals surface area contributed by atoms with Crippen LogP contribution >= 0.6 is 23.2 Å². The van der Waals surface area contributed by atoms with Crippen molar-refractivity contribution in [2.24, 2.45) is 0 Å². The average molecular weight is 461 g/mol. The lowest BCUT2D eigenvalue weighted by Crippen LogP contribution is -2.31. The van der Waals surface area contributed by atoms with Crippen LogP contribution in [0.25, 0.3) is 0 Å². The van der Waals surface area contributed by atoms with Crippen LogP contribution in [0.1, 0.15) is 11.3 Å². The molecule has 2 aromatic carbocycles. The van der Waals surface area contributed by atoms with E-state index in [2.05, 4.69) is 4.98 Å². The quantitative estimate of drug-likeness (QED) is 0.483. The predicted molar refractivity (Wildman–Crippen MR) is 106 cm³/mol. The third kappa shape index (κ3) is 4.83. The van der Waals surface area contributed by atoms with Gasteiger partial charge >= 0.3 is 6.18 Å². The van der Waals surface area contributed by atoms with Gasteiger partial charge in [-0.25, -0.2) is 8.42 Å². The van der Waals surface area contributed by atoms with Crippen LogP contribution in [0, 0.1) is 0 Å². The zero-order valence-corrected chi connectivity index (χ0v) is 16.9. The zero-order chi connectivity index (χ0) is 21.2. The van der Waals surface area contributed by atoms with Gasteiger partial charge in [-0.05, 0) is 36.4 Å². The molecule has 0 saturated heterocycles. The molecule has 0 aliphatic heterocycles. The zero-order valence-electron chi connectivity index (χ0n) is 14.6. The first-order chi connectivity index (χ1) is 13.6. The van der Waals surface area contributed by atoms with Crippen molar-refractivity contribution < 1.29 is 21.6 Å². The third-order valence-electron chi connectivity index (χ3n) is 3.97. The van der Waals surface area contributed by atoms with Crippen molar-refractivity contribution >= 4 is 38.9 Å². The molecule has 0 N–H and O–H groups in total. The maximum Gasteiger partial charge on any atom is 0.417 e. The van der Waals surface area contributed by atoms with Crippen molar-refractivity contribution in [3.05, 3.63) is 88.2 Å². The lowest BCUT2D eigenvalue weighted by atomic mass is 10.2. The topological polar surface area (TPSA) is 50.3 Å². The number of pyridine rings is 1. The second-order valence-electron chi connectivity index (χ2n) is 5.95. The second kappa shape index (κ2) is 8.22. The number of rotatable bonds is 5. The highest BCUT2D eigenvalue weighted by molar-refractivity contribution is 7.92. The van der Waals surface area contributed by atoms with Gasteiger partial charge in [0.15, 0.2) is 0 Å². The first kappa shape index (κ1) is 21.4. The molecular weight excluding hydrogens is 448 g/mol. The molecule has 0 aliphatic rings. The number of sulfonamides is 1. The number of benzene rings is 2. The fourth-order valence-corrected chi connectivity index (χ4v) is 4.49. The Balaban J connectivity index is 2.07. The summed E-state index contributed by atoms with van der Waals surface area (Å²) in [7, 11) is -4.10. The number of anilines is 1. The van der Waals surface area contributed by atoms with Gasteiger partial charge in [0.2, 0.25) is 0 Å². The minimum absolute atomic E-state index is 0.0193. The summed E-state index contributed by atoms with van der Waals surface area (Å²) in [5.74, 6) is 0. The van der Waals surface area contributed by atoms with Crippen molar-refractivity contribution in [1.29, 1.82) is 0 Å². The summed E-state index contributed by atoms with van der Waals surface area (Å²) in [6, 6.07) is 14.5. The van der Waals surface area contributed by atoms with Gasteiger partial charge in [0, 0.05) is 11.2 Å². The van der Waals surface area contributed by atoms with E-state index in [1.807, 2.05) is 0 Å². The van der Waals surface area contributed by atoms with E-state index in [0.717, 1.165) is 10.4 Å². The summed E-state index contributed by atoms with van der Waals surface area (Å²) in [5.41, 5.74) is -0.741. The Morgan fingerprint density at radius 1 is 0.966 bits per heavy atom. The minimum atomic E-state index is -4.61. The van der Waals surface area contributed by atoms with Crippen molar-refractivity contribution in [1.82, 2.24) is 4.98 Å². The Hall–Kier alpha value is -2.29. The molecule has 152 valence electrons. The molecule has 0 aliphatic carbocycles. The first-order valence-electron chi connectivity index (χ1n) is 8.14. The molecule has 0 radical (unpaired) electrons. The Labute approximate surface area is 175 Å². The Morgan fingerprint density at radius 3 is 2.24 bits per heavy atom. The highest BCUT2D eigenvalue weighted by Crippen LogP contribution is 2.33. The molecule has 10 heteroatoms. The second-order valence-corrected chi connectivity index (χ2v) is 8.66. The summed E-state index contributed by atoms with van der Waals surface area (Å²) >= 11 is 11.9.